The van der Waals surface area contributed by atoms with Gasteiger partial charge in [0.1, 0.15) is 18.0 Å². The van der Waals surface area contributed by atoms with Crippen molar-refractivity contribution in [1.29, 1.82) is 0 Å². The van der Waals surface area contributed by atoms with E-state index in [-0.39, 0.29) is 18.1 Å². The number of carbonyl (C=O) groups is 1. The number of nitrogens with zero attached hydrogens (tertiary/aromatic N) is 4. The molecule has 2 heterocycles. The maximum absolute atomic E-state index is 13.4. The number of aromatic nitrogens is 2. The molecule has 8 nitrogen and oxygen atoms in total. The van der Waals surface area contributed by atoms with Gasteiger partial charge in [-0.25, -0.2) is 4.98 Å². The largest absolute Gasteiger partial charge is 0.381 e. The Morgan fingerprint density at radius 1 is 1.26 bits per heavy atom. The molecule has 178 valence electrons. The first-order valence-electron chi connectivity index (χ1n) is 11.3. The van der Waals surface area contributed by atoms with Gasteiger partial charge in [0.2, 0.25) is 0 Å². The van der Waals surface area contributed by atoms with Crippen LogP contribution >= 0.6 is 23.4 Å². The third-order valence-electron chi connectivity index (χ3n) is 6.85. The van der Waals surface area contributed by atoms with Gasteiger partial charge in [-0.15, -0.1) is 16.7 Å². The molecule has 0 N–H and O–H groups in total. The first-order valence-corrected chi connectivity index (χ1v) is 12.9. The summed E-state index contributed by atoms with van der Waals surface area (Å²) in [6.07, 6.45) is 6.35. The van der Waals surface area contributed by atoms with E-state index in [0.717, 1.165) is 25.2 Å². The molecule has 2 saturated carbocycles. The number of ether oxygens (including phenoxy) is 1. The van der Waals surface area contributed by atoms with Gasteiger partial charge in [-0.3, -0.25) is 9.59 Å². The molecule has 0 unspecified atom stereocenters. The summed E-state index contributed by atoms with van der Waals surface area (Å²) in [5.41, 5.74) is 0.666. The van der Waals surface area contributed by atoms with Crippen molar-refractivity contribution in [2.75, 3.05) is 24.8 Å². The highest BCUT2D eigenvalue weighted by Gasteiger charge is 2.37. The fraction of sp³-hybridized carbons (Fsp3) is 0.458. The number of halogens is 1. The second kappa shape index (κ2) is 9.28. The van der Waals surface area contributed by atoms with Crippen molar-refractivity contribution in [3.8, 4) is 0 Å². The highest BCUT2D eigenvalue weighted by atomic mass is 35.5. The summed E-state index contributed by atoms with van der Waals surface area (Å²) in [5.74, 6) is 0.550. The lowest BCUT2D eigenvalue weighted by molar-refractivity contribution is -0.118. The van der Waals surface area contributed by atoms with Crippen molar-refractivity contribution >= 4 is 57.0 Å². The highest BCUT2D eigenvalue weighted by Crippen LogP contribution is 2.38. The molecule has 2 aliphatic rings. The normalized spacial score (nSPS) is 19.9. The fourth-order valence-electron chi connectivity index (χ4n) is 4.74. The summed E-state index contributed by atoms with van der Waals surface area (Å²) in [6.45, 7) is 0.576. The van der Waals surface area contributed by atoms with Gasteiger partial charge in [0, 0.05) is 30.3 Å². The monoisotopic (exact) mass is 500 g/mol. The van der Waals surface area contributed by atoms with Crippen molar-refractivity contribution in [1.82, 2.24) is 9.55 Å². The Kier molecular flexibility index (Phi) is 6.35. The molecule has 5 rings (SSSR count). The molecular weight excluding hydrogens is 476 g/mol. The maximum atomic E-state index is 13.4. The van der Waals surface area contributed by atoms with Crippen LogP contribution in [-0.2, 0) is 16.1 Å². The highest BCUT2D eigenvalue weighted by molar-refractivity contribution is 7.99. The average molecular weight is 501 g/mol. The number of pyridine rings is 2. The number of benzene rings is 1. The van der Waals surface area contributed by atoms with E-state index >= 15 is 0 Å². The zero-order chi connectivity index (χ0) is 24.0. The molecule has 0 spiro atoms. The van der Waals surface area contributed by atoms with Crippen molar-refractivity contribution < 1.29 is 9.53 Å². The van der Waals surface area contributed by atoms with Crippen LogP contribution in [0.1, 0.15) is 25.7 Å². The molecule has 1 aromatic carbocycles. The molecule has 0 bridgehead atoms. The van der Waals surface area contributed by atoms with Gasteiger partial charge in [0.15, 0.2) is 5.43 Å². The lowest BCUT2D eigenvalue weighted by Crippen LogP contribution is -2.49. The number of rotatable bonds is 8. The van der Waals surface area contributed by atoms with Gasteiger partial charge < -0.3 is 14.2 Å². The minimum absolute atomic E-state index is 0.185. The van der Waals surface area contributed by atoms with Gasteiger partial charge in [-0.1, -0.05) is 11.6 Å². The molecule has 0 aliphatic heterocycles. The number of anilines is 1. The van der Waals surface area contributed by atoms with Crippen LogP contribution in [0, 0.1) is 10.8 Å². The minimum atomic E-state index is -0.845. The van der Waals surface area contributed by atoms with Gasteiger partial charge >= 0.3 is 5.91 Å². The van der Waals surface area contributed by atoms with Crippen molar-refractivity contribution in [2.24, 2.45) is 11.1 Å². The first kappa shape index (κ1) is 23.3. The summed E-state index contributed by atoms with van der Waals surface area (Å²) >= 11 is 7.82. The predicted molar refractivity (Wildman–Crippen MR) is 135 cm³/mol. The van der Waals surface area contributed by atoms with E-state index in [2.05, 4.69) is 10.1 Å². The lowest BCUT2D eigenvalue weighted by atomic mass is 9.87. The number of carbonyl (C=O) groups excluding carboxylic acids is 1. The van der Waals surface area contributed by atoms with E-state index < -0.39 is 5.91 Å². The molecule has 2 aliphatic carbocycles. The Morgan fingerprint density at radius 2 is 2.00 bits per heavy atom. The van der Waals surface area contributed by atoms with Crippen LogP contribution in [0.5, 0.6) is 0 Å². The summed E-state index contributed by atoms with van der Waals surface area (Å²) in [7, 11) is 1.73. The average Bonchev–Trinajstić information content (AvgIpc) is 3.64. The Balaban J connectivity index is 1.73. The molecule has 2 fully saturated rings. The third kappa shape index (κ3) is 4.10. The van der Waals surface area contributed by atoms with E-state index in [1.807, 2.05) is 12.3 Å². The molecule has 0 radical (unpaired) electrons. The Labute approximate surface area is 205 Å². The van der Waals surface area contributed by atoms with Gasteiger partial charge in [-0.2, -0.15) is 0 Å². The molecule has 2 aromatic heterocycles. The number of methoxy groups -OCH3 is 1. The number of fused-ring (bicyclic) bond motifs is 2. The zero-order valence-corrected chi connectivity index (χ0v) is 20.6. The Morgan fingerprint density at radius 3 is 2.65 bits per heavy atom. The van der Waals surface area contributed by atoms with Crippen LogP contribution in [0.3, 0.4) is 0 Å². The summed E-state index contributed by atoms with van der Waals surface area (Å²) in [4.78, 5) is 44.5. The molecule has 0 atom stereocenters. The van der Waals surface area contributed by atoms with Crippen LogP contribution in [0.4, 0.5) is 5.82 Å². The topological polar surface area (TPSA) is 93.9 Å². The lowest BCUT2D eigenvalue weighted by Gasteiger charge is -2.43. The number of thioether (sulfide) groups is 1. The number of amides is 1. The molecule has 10 heteroatoms. The van der Waals surface area contributed by atoms with Crippen LogP contribution in [-0.4, -0.2) is 47.5 Å². The fourth-order valence-corrected chi connectivity index (χ4v) is 5.80. The van der Waals surface area contributed by atoms with E-state index in [1.165, 1.54) is 24.6 Å². The van der Waals surface area contributed by atoms with Crippen molar-refractivity contribution in [3.63, 3.8) is 0 Å². The number of nitroso groups, excluding NO2 is 1. The van der Waals surface area contributed by atoms with E-state index in [9.17, 15) is 14.5 Å². The van der Waals surface area contributed by atoms with Crippen molar-refractivity contribution in [3.05, 3.63) is 44.4 Å². The number of hydrogen-bond donors (Lipinski definition) is 0. The van der Waals surface area contributed by atoms with Gasteiger partial charge in [0.05, 0.1) is 26.9 Å². The summed E-state index contributed by atoms with van der Waals surface area (Å²) in [6, 6.07) is 7.30. The zero-order valence-electron chi connectivity index (χ0n) is 19.0. The van der Waals surface area contributed by atoms with E-state index in [0.29, 0.717) is 43.8 Å². The van der Waals surface area contributed by atoms with Gasteiger partial charge in [-0.05, 0) is 62.1 Å². The van der Waals surface area contributed by atoms with Crippen LogP contribution in [0.25, 0.3) is 21.9 Å². The van der Waals surface area contributed by atoms with Crippen molar-refractivity contribution in [2.45, 2.75) is 49.3 Å². The minimum Gasteiger partial charge on any atom is -0.381 e. The second-order valence-electron chi connectivity index (χ2n) is 9.00. The molecule has 3 aromatic rings. The maximum Gasteiger partial charge on any atom is 0.305 e. The van der Waals surface area contributed by atoms with Crippen LogP contribution in [0.15, 0.2) is 39.1 Å². The molecule has 34 heavy (non-hydrogen) atoms. The molecular formula is C24H25ClN4O4S. The second-order valence-corrected chi connectivity index (χ2v) is 10.2. The summed E-state index contributed by atoms with van der Waals surface area (Å²) in [5, 5.41) is 3.87. The van der Waals surface area contributed by atoms with Crippen LogP contribution in [0.2, 0.25) is 5.02 Å². The molecule has 0 saturated heterocycles. The van der Waals surface area contributed by atoms with E-state index in [1.54, 1.807) is 29.9 Å². The van der Waals surface area contributed by atoms with Gasteiger partial charge in [0.25, 0.3) is 0 Å². The standard InChI is InChI=1S/C24H25ClN4O4S/c1-33-15-9-14(10-15)28(11-13-3-4-13)19-8-6-17-22(31)16-5-7-18(25)23(34-2)21(16)29(24(17)26-19)12-20(30)27-32/h5-8,13-15H,3-4,9-12H2,1-2H3. The van der Waals surface area contributed by atoms with E-state index in [4.69, 9.17) is 21.3 Å². The van der Waals surface area contributed by atoms with Crippen LogP contribution < -0.4 is 10.3 Å². The number of hydrogen-bond acceptors (Lipinski definition) is 7. The Bertz CT molecular complexity index is 1350. The Hall–Kier alpha value is -2.49. The predicted octanol–water partition coefficient (Wildman–Crippen LogP) is 4.61. The quantitative estimate of drug-likeness (QED) is 0.253. The smallest absolute Gasteiger partial charge is 0.305 e. The molecule has 1 amide bonds. The first-order chi connectivity index (χ1) is 16.4. The SMILES string of the molecule is COC1CC(N(CC2CC2)c2ccc3c(=O)c4ccc(Cl)c(SC)c4n(CC(=O)N=O)c3n2)C1. The third-order valence-corrected chi connectivity index (χ3v) is 8.10. The summed E-state index contributed by atoms with van der Waals surface area (Å²) < 4.78 is 7.10.